The van der Waals surface area contributed by atoms with Crippen LogP contribution in [0.5, 0.6) is 11.5 Å². The maximum atomic E-state index is 12.0. The van der Waals surface area contributed by atoms with Crippen molar-refractivity contribution >= 4 is 5.78 Å². The number of hydrogen-bond donors (Lipinski definition) is 1. The van der Waals surface area contributed by atoms with Gasteiger partial charge in [-0.25, -0.2) is 0 Å². The van der Waals surface area contributed by atoms with E-state index >= 15 is 0 Å². The number of carbonyl (C=O) groups is 1. The highest BCUT2D eigenvalue weighted by Crippen LogP contribution is 2.39. The van der Waals surface area contributed by atoms with E-state index < -0.39 is 0 Å². The average Bonchev–Trinajstić information content (AvgIpc) is 2.66. The maximum Gasteiger partial charge on any atom is 0.172 e. The quantitative estimate of drug-likeness (QED) is 0.830. The number of rotatable bonds is 3. The summed E-state index contributed by atoms with van der Waals surface area (Å²) < 4.78 is 10.4. The molecule has 0 aliphatic heterocycles. The van der Waals surface area contributed by atoms with Crippen molar-refractivity contribution in [3.8, 4) is 11.5 Å². The maximum absolute atomic E-state index is 12.0. The number of benzene rings is 1. The molecule has 0 radical (unpaired) electrons. The summed E-state index contributed by atoms with van der Waals surface area (Å²) in [5, 5.41) is 9.13. The standard InChI is InChI=1S/C12H14O4/c1-15-9-3-4-10(16-2)11-8(9)5-7(6-13)12(11)14/h3-4,7,13H,5-6H2,1-2H3/t7-/m1/s1. The minimum atomic E-state index is -0.361. The Morgan fingerprint density at radius 2 is 1.94 bits per heavy atom. The summed E-state index contributed by atoms with van der Waals surface area (Å²) in [6.07, 6.45) is 0.519. The zero-order chi connectivity index (χ0) is 11.7. The van der Waals surface area contributed by atoms with Crippen molar-refractivity contribution in [1.29, 1.82) is 0 Å². The monoisotopic (exact) mass is 222 g/mol. The first kappa shape index (κ1) is 11.0. The number of aliphatic hydroxyl groups is 1. The lowest BCUT2D eigenvalue weighted by Gasteiger charge is -2.09. The molecular weight excluding hydrogens is 208 g/mol. The first-order valence-electron chi connectivity index (χ1n) is 5.11. The molecule has 4 heteroatoms. The van der Waals surface area contributed by atoms with Crippen molar-refractivity contribution in [2.75, 3.05) is 20.8 Å². The normalized spacial score (nSPS) is 18.4. The third-order valence-corrected chi connectivity index (χ3v) is 2.96. The van der Waals surface area contributed by atoms with Crippen LogP contribution in [0.4, 0.5) is 0 Å². The number of ketones is 1. The molecule has 0 bridgehead atoms. The Morgan fingerprint density at radius 1 is 1.31 bits per heavy atom. The summed E-state index contributed by atoms with van der Waals surface area (Å²) in [4.78, 5) is 12.0. The molecule has 0 unspecified atom stereocenters. The Labute approximate surface area is 93.8 Å². The zero-order valence-electron chi connectivity index (χ0n) is 9.32. The van der Waals surface area contributed by atoms with Crippen molar-refractivity contribution in [3.63, 3.8) is 0 Å². The summed E-state index contributed by atoms with van der Waals surface area (Å²) in [5.74, 6) is 0.810. The molecule has 1 atom stereocenters. The smallest absolute Gasteiger partial charge is 0.172 e. The van der Waals surface area contributed by atoms with E-state index in [-0.39, 0.29) is 18.3 Å². The molecule has 1 N–H and O–H groups in total. The van der Waals surface area contributed by atoms with Gasteiger partial charge in [-0.1, -0.05) is 0 Å². The van der Waals surface area contributed by atoms with Gasteiger partial charge < -0.3 is 14.6 Å². The van der Waals surface area contributed by atoms with E-state index in [9.17, 15) is 4.79 Å². The van der Waals surface area contributed by atoms with Gasteiger partial charge in [-0.3, -0.25) is 4.79 Å². The summed E-state index contributed by atoms with van der Waals surface area (Å²) in [5.41, 5.74) is 1.40. The lowest BCUT2D eigenvalue weighted by atomic mass is 10.1. The molecule has 1 aliphatic rings. The zero-order valence-corrected chi connectivity index (χ0v) is 9.32. The minimum absolute atomic E-state index is 0.0618. The number of carbonyl (C=O) groups excluding carboxylic acids is 1. The molecule has 2 rings (SSSR count). The van der Waals surface area contributed by atoms with Gasteiger partial charge in [0.2, 0.25) is 0 Å². The molecule has 0 spiro atoms. The molecule has 0 saturated carbocycles. The van der Waals surface area contributed by atoms with Crippen LogP contribution in [-0.4, -0.2) is 31.7 Å². The van der Waals surface area contributed by atoms with Crippen LogP contribution in [0.1, 0.15) is 15.9 Å². The Bertz CT molecular complexity index is 425. The predicted molar refractivity (Wildman–Crippen MR) is 58.2 cm³/mol. The molecule has 1 aliphatic carbocycles. The van der Waals surface area contributed by atoms with Crippen LogP contribution in [0.25, 0.3) is 0 Å². The van der Waals surface area contributed by atoms with Crippen molar-refractivity contribution in [2.24, 2.45) is 5.92 Å². The number of Topliss-reactive ketones (excluding diaryl/α,β-unsaturated/α-hetero) is 1. The number of aliphatic hydroxyl groups excluding tert-OH is 1. The van der Waals surface area contributed by atoms with Gasteiger partial charge in [-0.15, -0.1) is 0 Å². The van der Waals surface area contributed by atoms with E-state index in [2.05, 4.69) is 0 Å². The van der Waals surface area contributed by atoms with Gasteiger partial charge in [-0.05, 0) is 18.6 Å². The molecule has 86 valence electrons. The fourth-order valence-electron chi connectivity index (χ4n) is 2.13. The van der Waals surface area contributed by atoms with Crippen LogP contribution in [0, 0.1) is 5.92 Å². The van der Waals surface area contributed by atoms with Gasteiger partial charge in [0.1, 0.15) is 11.5 Å². The Kier molecular flexibility index (Phi) is 2.83. The molecule has 0 amide bonds. The fraction of sp³-hybridized carbons (Fsp3) is 0.417. The lowest BCUT2D eigenvalue weighted by Crippen LogP contribution is -2.13. The largest absolute Gasteiger partial charge is 0.496 e. The van der Waals surface area contributed by atoms with E-state index in [4.69, 9.17) is 14.6 Å². The highest BCUT2D eigenvalue weighted by Gasteiger charge is 2.35. The second kappa shape index (κ2) is 4.14. The van der Waals surface area contributed by atoms with Crippen molar-refractivity contribution in [2.45, 2.75) is 6.42 Å². The molecule has 16 heavy (non-hydrogen) atoms. The molecule has 0 heterocycles. The van der Waals surface area contributed by atoms with Crippen LogP contribution in [0.3, 0.4) is 0 Å². The van der Waals surface area contributed by atoms with E-state index in [0.717, 1.165) is 5.56 Å². The molecule has 0 aromatic heterocycles. The van der Waals surface area contributed by atoms with Gasteiger partial charge in [-0.2, -0.15) is 0 Å². The van der Waals surface area contributed by atoms with Crippen LogP contribution < -0.4 is 9.47 Å². The summed E-state index contributed by atoms with van der Waals surface area (Å²) in [6, 6.07) is 3.50. The molecular formula is C12H14O4. The van der Waals surface area contributed by atoms with Crippen LogP contribution in [0.2, 0.25) is 0 Å². The summed E-state index contributed by atoms with van der Waals surface area (Å²) >= 11 is 0. The summed E-state index contributed by atoms with van der Waals surface area (Å²) in [6.45, 7) is -0.139. The third-order valence-electron chi connectivity index (χ3n) is 2.96. The van der Waals surface area contributed by atoms with Gasteiger partial charge in [0.05, 0.1) is 26.4 Å². The van der Waals surface area contributed by atoms with E-state index in [1.54, 1.807) is 19.2 Å². The molecule has 0 saturated heterocycles. The van der Waals surface area contributed by atoms with Crippen molar-refractivity contribution in [1.82, 2.24) is 0 Å². The van der Waals surface area contributed by atoms with Crippen LogP contribution in [0.15, 0.2) is 12.1 Å². The van der Waals surface area contributed by atoms with E-state index in [1.807, 2.05) is 0 Å². The average molecular weight is 222 g/mol. The SMILES string of the molecule is COc1ccc(OC)c2c1C[C@H](CO)C2=O. The first-order valence-corrected chi connectivity index (χ1v) is 5.11. The molecule has 1 aromatic carbocycles. The molecule has 0 fully saturated rings. The topological polar surface area (TPSA) is 55.8 Å². The lowest BCUT2D eigenvalue weighted by molar-refractivity contribution is 0.0881. The molecule has 1 aromatic rings. The number of ether oxygens (including phenoxy) is 2. The summed E-state index contributed by atoms with van der Waals surface area (Å²) in [7, 11) is 3.10. The van der Waals surface area contributed by atoms with Crippen molar-refractivity contribution < 1.29 is 19.4 Å². The highest BCUT2D eigenvalue weighted by atomic mass is 16.5. The minimum Gasteiger partial charge on any atom is -0.496 e. The van der Waals surface area contributed by atoms with E-state index in [0.29, 0.717) is 23.5 Å². The highest BCUT2D eigenvalue weighted by molar-refractivity contribution is 6.05. The van der Waals surface area contributed by atoms with Gasteiger partial charge >= 0.3 is 0 Å². The van der Waals surface area contributed by atoms with Gasteiger partial charge in [0.25, 0.3) is 0 Å². The van der Waals surface area contributed by atoms with Crippen LogP contribution in [-0.2, 0) is 6.42 Å². The van der Waals surface area contributed by atoms with Gasteiger partial charge in [0, 0.05) is 11.5 Å². The number of hydrogen-bond acceptors (Lipinski definition) is 4. The Hall–Kier alpha value is -1.55. The third kappa shape index (κ3) is 1.46. The Morgan fingerprint density at radius 3 is 2.50 bits per heavy atom. The second-order valence-corrected chi connectivity index (χ2v) is 3.77. The fourth-order valence-corrected chi connectivity index (χ4v) is 2.13. The number of fused-ring (bicyclic) bond motifs is 1. The number of methoxy groups -OCH3 is 2. The predicted octanol–water partition coefficient (Wildman–Crippen LogP) is 1.05. The van der Waals surface area contributed by atoms with Gasteiger partial charge in [0.15, 0.2) is 5.78 Å². The second-order valence-electron chi connectivity index (χ2n) is 3.77. The molecule has 4 nitrogen and oxygen atoms in total. The Balaban J connectivity index is 2.56. The van der Waals surface area contributed by atoms with Crippen LogP contribution >= 0.6 is 0 Å². The van der Waals surface area contributed by atoms with E-state index in [1.165, 1.54) is 7.11 Å². The van der Waals surface area contributed by atoms with Crippen molar-refractivity contribution in [3.05, 3.63) is 23.3 Å². The first-order chi connectivity index (χ1) is 7.72.